The number of nitro groups is 1. The summed E-state index contributed by atoms with van der Waals surface area (Å²) in [5.74, 6) is 0.907. The van der Waals surface area contributed by atoms with Crippen LogP contribution in [-0.4, -0.2) is 18.6 Å². The molecular formula is C15H15NO5. The first kappa shape index (κ1) is 13.4. The lowest BCUT2D eigenvalue weighted by Crippen LogP contribution is -2.00. The zero-order valence-corrected chi connectivity index (χ0v) is 11.4. The summed E-state index contributed by atoms with van der Waals surface area (Å²) in [6, 6.07) is 11.7. The first-order valence-electron chi connectivity index (χ1n) is 6.66. The fourth-order valence-corrected chi connectivity index (χ4v) is 1.80. The van der Waals surface area contributed by atoms with Crippen LogP contribution in [0.1, 0.15) is 11.1 Å². The summed E-state index contributed by atoms with van der Waals surface area (Å²) in [6.07, 6.45) is 0. The first-order chi connectivity index (χ1) is 10.6. The van der Waals surface area contributed by atoms with Crippen LogP contribution in [0.15, 0.2) is 42.5 Å². The van der Waals surface area contributed by atoms with E-state index in [0.29, 0.717) is 5.56 Å². The molecule has 2 aromatic carbocycles. The molecule has 0 heterocycles. The van der Waals surface area contributed by atoms with E-state index in [0.717, 1.165) is 11.3 Å². The van der Waals surface area contributed by atoms with Gasteiger partial charge in [0, 0.05) is 6.07 Å². The largest absolute Gasteiger partial charge is 0.497 e. The third-order valence-corrected chi connectivity index (χ3v) is 2.94. The molecule has 0 aliphatic heterocycles. The molecule has 0 amide bonds. The van der Waals surface area contributed by atoms with Crippen molar-refractivity contribution in [3.8, 4) is 11.5 Å². The summed E-state index contributed by atoms with van der Waals surface area (Å²) in [7, 11) is 1.58. The summed E-state index contributed by atoms with van der Waals surface area (Å²) in [6.45, 7) is 0.193. The van der Waals surface area contributed by atoms with Crippen LogP contribution in [0.2, 0.25) is 0 Å². The Morgan fingerprint density at radius 2 is 1.95 bits per heavy atom. The molecule has 0 unspecified atom stereocenters. The van der Waals surface area contributed by atoms with E-state index >= 15 is 0 Å². The van der Waals surface area contributed by atoms with Gasteiger partial charge in [0.25, 0.3) is 0 Å². The molecule has 0 fully saturated rings. The molecule has 21 heavy (non-hydrogen) atoms. The predicted octanol–water partition coefficient (Wildman–Crippen LogP) is 2.67. The molecule has 0 spiro atoms. The number of hydrogen-bond acceptors (Lipinski definition) is 5. The van der Waals surface area contributed by atoms with Crippen molar-refractivity contribution in [2.24, 2.45) is 0 Å². The van der Waals surface area contributed by atoms with Crippen molar-refractivity contribution in [2.75, 3.05) is 7.11 Å². The molecule has 2 aromatic rings. The number of hydrogen-bond donors (Lipinski definition) is 1. The average molecular weight is 290 g/mol. The standard InChI is InChI=1S/C15H15NO5/c1-20-13-5-2-11(3-6-13)10-21-15-7-4-12(9-17)8-14(15)16(18)19/h2-8,17H,9-10H2,1H3/i17D. The van der Waals surface area contributed by atoms with Gasteiger partial charge in [0.1, 0.15) is 12.4 Å². The number of aliphatic hydroxyl groups excluding tert-OH is 1. The Labute approximate surface area is 123 Å². The van der Waals surface area contributed by atoms with Gasteiger partial charge < -0.3 is 14.6 Å². The molecule has 0 atom stereocenters. The predicted molar refractivity (Wildman–Crippen MR) is 76.3 cm³/mol. The highest BCUT2D eigenvalue weighted by Gasteiger charge is 2.15. The fraction of sp³-hybridized carbons (Fsp3) is 0.200. The summed E-state index contributed by atoms with van der Waals surface area (Å²) in [5.41, 5.74) is 1.26. The van der Waals surface area contributed by atoms with Crippen LogP contribution in [0, 0.1) is 10.1 Å². The lowest BCUT2D eigenvalue weighted by Gasteiger charge is -2.08. The molecule has 1 N–H and O–H groups in total. The quantitative estimate of drug-likeness (QED) is 0.626. The second kappa shape index (κ2) is 6.71. The van der Waals surface area contributed by atoms with E-state index in [-0.39, 0.29) is 24.7 Å². The van der Waals surface area contributed by atoms with Gasteiger partial charge in [-0.3, -0.25) is 10.1 Å². The second-order valence-corrected chi connectivity index (χ2v) is 4.34. The molecule has 0 aliphatic rings. The maximum atomic E-state index is 11.1. The molecule has 0 aliphatic carbocycles. The molecule has 0 aromatic heterocycles. The summed E-state index contributed by atoms with van der Waals surface area (Å²) < 4.78 is 17.3. The number of methoxy groups -OCH3 is 1. The summed E-state index contributed by atoms with van der Waals surface area (Å²) >= 11 is 0. The van der Waals surface area contributed by atoms with Crippen molar-refractivity contribution in [3.63, 3.8) is 0 Å². The minimum Gasteiger partial charge on any atom is -0.497 e. The Bertz CT molecular complexity index is 645. The van der Waals surface area contributed by atoms with Crippen molar-refractivity contribution in [2.45, 2.75) is 13.2 Å². The fourth-order valence-electron chi connectivity index (χ4n) is 1.80. The monoisotopic (exact) mass is 290 g/mol. The number of ether oxygens (including phenoxy) is 2. The highest BCUT2D eigenvalue weighted by Crippen LogP contribution is 2.28. The summed E-state index contributed by atoms with van der Waals surface area (Å²) in [4.78, 5) is 10.6. The third-order valence-electron chi connectivity index (χ3n) is 2.94. The first-order valence-corrected chi connectivity index (χ1v) is 6.25. The smallest absolute Gasteiger partial charge is 0.311 e. The van der Waals surface area contributed by atoms with Gasteiger partial charge in [-0.1, -0.05) is 18.2 Å². The van der Waals surface area contributed by atoms with Crippen LogP contribution in [0.3, 0.4) is 0 Å². The SMILES string of the molecule is [2H]OCc1ccc(OCc2ccc(OC)cc2)c([N+](=O)[O-])c1. The minimum atomic E-state index is -0.517. The minimum absolute atomic E-state index is 0.0143. The third kappa shape index (κ3) is 3.70. The number of aliphatic hydroxyl groups is 1. The van der Waals surface area contributed by atoms with E-state index in [9.17, 15) is 10.1 Å². The van der Waals surface area contributed by atoms with Crippen molar-refractivity contribution < 1.29 is 19.5 Å². The van der Waals surface area contributed by atoms with Gasteiger partial charge in [0.2, 0.25) is 1.43 Å². The average Bonchev–Trinajstić information content (AvgIpc) is 2.54. The molecular weight excluding hydrogens is 274 g/mol. The zero-order valence-electron chi connectivity index (χ0n) is 12.4. The van der Waals surface area contributed by atoms with Gasteiger partial charge in [-0.15, -0.1) is 0 Å². The second-order valence-electron chi connectivity index (χ2n) is 4.34. The Hall–Kier alpha value is -2.60. The summed E-state index contributed by atoms with van der Waals surface area (Å²) in [5, 5.41) is 15.3. The van der Waals surface area contributed by atoms with Gasteiger partial charge in [-0.2, -0.15) is 0 Å². The zero-order chi connectivity index (χ0) is 15.9. The van der Waals surface area contributed by atoms with Crippen molar-refractivity contribution in [3.05, 3.63) is 63.7 Å². The van der Waals surface area contributed by atoms with Crippen LogP contribution in [0.5, 0.6) is 11.5 Å². The molecule has 6 heteroatoms. The van der Waals surface area contributed by atoms with Crippen LogP contribution < -0.4 is 9.47 Å². The van der Waals surface area contributed by atoms with Crippen LogP contribution >= 0.6 is 0 Å². The molecule has 0 radical (unpaired) electrons. The lowest BCUT2D eigenvalue weighted by atomic mass is 10.2. The molecule has 0 bridgehead atoms. The molecule has 6 nitrogen and oxygen atoms in total. The van der Waals surface area contributed by atoms with E-state index in [1.54, 1.807) is 25.3 Å². The number of nitro benzene ring substituents is 1. The topological polar surface area (TPSA) is 81.8 Å². The van der Waals surface area contributed by atoms with E-state index in [2.05, 4.69) is 5.11 Å². The highest BCUT2D eigenvalue weighted by molar-refractivity contribution is 5.48. The van der Waals surface area contributed by atoms with Gasteiger partial charge >= 0.3 is 5.69 Å². The van der Waals surface area contributed by atoms with Crippen molar-refractivity contribution in [1.82, 2.24) is 0 Å². The van der Waals surface area contributed by atoms with Gasteiger partial charge in [-0.25, -0.2) is 0 Å². The maximum Gasteiger partial charge on any atom is 0.311 e. The van der Waals surface area contributed by atoms with Crippen LogP contribution in [-0.2, 0) is 13.2 Å². The van der Waals surface area contributed by atoms with Gasteiger partial charge in [0.15, 0.2) is 5.75 Å². The maximum absolute atomic E-state index is 11.1. The highest BCUT2D eigenvalue weighted by atomic mass is 16.6. The van der Waals surface area contributed by atoms with Crippen LogP contribution in [0.4, 0.5) is 5.69 Å². The number of rotatable bonds is 7. The van der Waals surface area contributed by atoms with Crippen LogP contribution in [0.25, 0.3) is 0 Å². The number of nitrogens with zero attached hydrogens (tertiary/aromatic N) is 1. The van der Waals surface area contributed by atoms with E-state index in [1.165, 1.54) is 12.1 Å². The number of benzene rings is 2. The molecule has 110 valence electrons. The van der Waals surface area contributed by atoms with Gasteiger partial charge in [-0.05, 0) is 29.3 Å². The normalized spacial score (nSPS) is 10.8. The lowest BCUT2D eigenvalue weighted by molar-refractivity contribution is -0.386. The van der Waals surface area contributed by atoms with Gasteiger partial charge in [0.05, 0.1) is 18.6 Å². The Balaban J connectivity index is 2.12. The van der Waals surface area contributed by atoms with E-state index in [4.69, 9.17) is 10.9 Å². The Kier molecular flexibility index (Phi) is 4.28. The van der Waals surface area contributed by atoms with E-state index in [1.807, 2.05) is 12.1 Å². The molecule has 0 saturated heterocycles. The molecule has 2 rings (SSSR count). The Morgan fingerprint density at radius 1 is 1.24 bits per heavy atom. The van der Waals surface area contributed by atoms with E-state index < -0.39 is 4.92 Å². The Morgan fingerprint density at radius 3 is 2.57 bits per heavy atom. The molecule has 0 saturated carbocycles. The van der Waals surface area contributed by atoms with Crippen molar-refractivity contribution >= 4 is 5.69 Å². The van der Waals surface area contributed by atoms with Crippen molar-refractivity contribution in [1.29, 1.82) is 1.43 Å².